The number of halogens is 1. The highest BCUT2D eigenvalue weighted by Crippen LogP contribution is 2.26. The smallest absolute Gasteiger partial charge is 0.130 e. The highest BCUT2D eigenvalue weighted by Gasteiger charge is 2.10. The lowest BCUT2D eigenvalue weighted by molar-refractivity contribution is 0.414. The zero-order valence-electron chi connectivity index (χ0n) is 14.5. The summed E-state index contributed by atoms with van der Waals surface area (Å²) in [5, 5.41) is 4.12. The fourth-order valence-corrected chi connectivity index (χ4v) is 2.84. The van der Waals surface area contributed by atoms with Gasteiger partial charge in [-0.2, -0.15) is 0 Å². The third-order valence-corrected chi connectivity index (χ3v) is 4.15. The van der Waals surface area contributed by atoms with Crippen molar-refractivity contribution in [3.63, 3.8) is 0 Å². The Morgan fingerprint density at radius 2 is 1.84 bits per heavy atom. The second-order valence-corrected chi connectivity index (χ2v) is 6.28. The third kappa shape index (κ3) is 4.28. The summed E-state index contributed by atoms with van der Waals surface area (Å²) in [6.45, 7) is 3.97. The van der Waals surface area contributed by atoms with E-state index in [-0.39, 0.29) is 6.04 Å². The van der Waals surface area contributed by atoms with E-state index in [0.717, 1.165) is 28.4 Å². The molecule has 1 aromatic heterocycles. The van der Waals surface area contributed by atoms with Gasteiger partial charge >= 0.3 is 0 Å². The number of aromatic nitrogens is 2. The first-order valence-electron chi connectivity index (χ1n) is 8.07. The Balaban J connectivity index is 1.87. The fourth-order valence-electron chi connectivity index (χ4n) is 2.65. The summed E-state index contributed by atoms with van der Waals surface area (Å²) in [6.07, 6.45) is 0. The van der Waals surface area contributed by atoms with Crippen LogP contribution in [0.5, 0.6) is 5.75 Å². The molecule has 0 fully saturated rings. The van der Waals surface area contributed by atoms with Crippen LogP contribution in [0.2, 0.25) is 5.02 Å². The van der Waals surface area contributed by atoms with Gasteiger partial charge in [0.15, 0.2) is 0 Å². The van der Waals surface area contributed by atoms with Crippen LogP contribution >= 0.6 is 11.6 Å². The van der Waals surface area contributed by atoms with Crippen molar-refractivity contribution in [1.82, 2.24) is 9.97 Å². The molecule has 1 atom stereocenters. The summed E-state index contributed by atoms with van der Waals surface area (Å²) < 4.78 is 5.30. The predicted molar refractivity (Wildman–Crippen MR) is 102 cm³/mol. The summed E-state index contributed by atoms with van der Waals surface area (Å²) in [5.41, 5.74) is 2.94. The Kier molecular flexibility index (Phi) is 5.19. The molecule has 2 aromatic carbocycles. The van der Waals surface area contributed by atoms with Crippen molar-refractivity contribution in [3.05, 3.63) is 71.0 Å². The quantitative estimate of drug-likeness (QED) is 0.677. The number of rotatable bonds is 5. The summed E-state index contributed by atoms with van der Waals surface area (Å²) in [6, 6.07) is 17.7. The van der Waals surface area contributed by atoms with E-state index >= 15 is 0 Å². The number of nitrogens with zero attached hydrogens (tertiary/aromatic N) is 2. The Labute approximate surface area is 152 Å². The van der Waals surface area contributed by atoms with Crippen molar-refractivity contribution in [3.8, 4) is 17.0 Å². The molecule has 4 nitrogen and oxygen atoms in total. The predicted octanol–water partition coefficient (Wildman–Crippen LogP) is 5.29. The maximum atomic E-state index is 6.10. The van der Waals surface area contributed by atoms with Crippen LogP contribution in [0.15, 0.2) is 54.6 Å². The average Bonchev–Trinajstić information content (AvgIpc) is 2.61. The van der Waals surface area contributed by atoms with E-state index < -0.39 is 0 Å². The standard InChI is InChI=1S/C20H20ClN3O/c1-13(15-6-5-9-18(11-15)25-3)22-20-12-19(23-14(2)24-20)16-7-4-8-17(21)10-16/h4-13H,1-3H3,(H,22,23,24)/t13-/m0/s1. The van der Waals surface area contributed by atoms with E-state index in [1.807, 2.05) is 55.5 Å². The molecule has 5 heteroatoms. The van der Waals surface area contributed by atoms with Gasteiger partial charge in [-0.05, 0) is 43.7 Å². The van der Waals surface area contributed by atoms with Crippen molar-refractivity contribution in [1.29, 1.82) is 0 Å². The summed E-state index contributed by atoms with van der Waals surface area (Å²) in [4.78, 5) is 9.03. The molecule has 0 saturated carbocycles. The highest BCUT2D eigenvalue weighted by atomic mass is 35.5. The normalized spacial score (nSPS) is 11.8. The van der Waals surface area contributed by atoms with Crippen molar-refractivity contribution in [2.24, 2.45) is 0 Å². The molecule has 0 aliphatic carbocycles. The second kappa shape index (κ2) is 7.53. The zero-order chi connectivity index (χ0) is 17.8. The van der Waals surface area contributed by atoms with Crippen LogP contribution < -0.4 is 10.1 Å². The number of hydrogen-bond donors (Lipinski definition) is 1. The molecule has 128 valence electrons. The lowest BCUT2D eigenvalue weighted by atomic mass is 10.1. The lowest BCUT2D eigenvalue weighted by Crippen LogP contribution is -2.09. The Bertz CT molecular complexity index is 882. The minimum absolute atomic E-state index is 0.0802. The van der Waals surface area contributed by atoms with Gasteiger partial charge in [0.2, 0.25) is 0 Å². The van der Waals surface area contributed by atoms with E-state index in [9.17, 15) is 0 Å². The molecule has 0 spiro atoms. The lowest BCUT2D eigenvalue weighted by Gasteiger charge is -2.16. The molecular formula is C20H20ClN3O. The first-order valence-corrected chi connectivity index (χ1v) is 8.45. The molecule has 3 aromatic rings. The van der Waals surface area contributed by atoms with Gasteiger partial charge in [-0.1, -0.05) is 35.9 Å². The van der Waals surface area contributed by atoms with Crippen LogP contribution in [0.25, 0.3) is 11.3 Å². The van der Waals surface area contributed by atoms with Gasteiger partial charge in [0.05, 0.1) is 18.8 Å². The second-order valence-electron chi connectivity index (χ2n) is 5.84. The topological polar surface area (TPSA) is 47.0 Å². The molecule has 25 heavy (non-hydrogen) atoms. The van der Waals surface area contributed by atoms with Crippen molar-refractivity contribution < 1.29 is 4.74 Å². The molecule has 1 heterocycles. The molecule has 0 amide bonds. The zero-order valence-corrected chi connectivity index (χ0v) is 15.2. The maximum Gasteiger partial charge on any atom is 0.130 e. The molecule has 0 unspecified atom stereocenters. The van der Waals surface area contributed by atoms with Crippen LogP contribution in [0.1, 0.15) is 24.4 Å². The van der Waals surface area contributed by atoms with Gasteiger partial charge in [0.25, 0.3) is 0 Å². The average molecular weight is 354 g/mol. The van der Waals surface area contributed by atoms with Crippen molar-refractivity contribution in [2.75, 3.05) is 12.4 Å². The maximum absolute atomic E-state index is 6.10. The third-order valence-electron chi connectivity index (χ3n) is 3.92. The number of benzene rings is 2. The summed E-state index contributed by atoms with van der Waals surface area (Å²) >= 11 is 6.10. The molecule has 0 radical (unpaired) electrons. The number of anilines is 1. The minimum Gasteiger partial charge on any atom is -0.497 e. The fraction of sp³-hybridized carbons (Fsp3) is 0.200. The van der Waals surface area contributed by atoms with Gasteiger partial charge in [-0.3, -0.25) is 0 Å². The molecular weight excluding hydrogens is 334 g/mol. The van der Waals surface area contributed by atoms with E-state index in [1.54, 1.807) is 7.11 Å². The summed E-state index contributed by atoms with van der Waals surface area (Å²) in [5.74, 6) is 2.32. The number of methoxy groups -OCH3 is 1. The van der Waals surface area contributed by atoms with Gasteiger partial charge in [-0.25, -0.2) is 9.97 Å². The highest BCUT2D eigenvalue weighted by molar-refractivity contribution is 6.30. The van der Waals surface area contributed by atoms with Crippen LogP contribution in [0.3, 0.4) is 0 Å². The summed E-state index contributed by atoms with van der Waals surface area (Å²) in [7, 11) is 1.67. The first kappa shape index (κ1) is 17.2. The van der Waals surface area contributed by atoms with Gasteiger partial charge in [-0.15, -0.1) is 0 Å². The first-order chi connectivity index (χ1) is 12.0. The van der Waals surface area contributed by atoms with Gasteiger partial charge in [0, 0.05) is 16.7 Å². The molecule has 3 rings (SSSR count). The molecule has 0 aliphatic heterocycles. The Morgan fingerprint density at radius 1 is 1.04 bits per heavy atom. The number of aryl methyl sites for hydroxylation is 1. The van der Waals surface area contributed by atoms with Gasteiger partial charge < -0.3 is 10.1 Å². The van der Waals surface area contributed by atoms with Crippen LogP contribution in [0.4, 0.5) is 5.82 Å². The SMILES string of the molecule is COc1cccc([C@H](C)Nc2cc(-c3cccc(Cl)c3)nc(C)n2)c1. The van der Waals surface area contributed by atoms with Gasteiger partial charge in [0.1, 0.15) is 17.4 Å². The molecule has 1 N–H and O–H groups in total. The number of hydrogen-bond acceptors (Lipinski definition) is 4. The van der Waals surface area contributed by atoms with Crippen LogP contribution in [0, 0.1) is 6.92 Å². The minimum atomic E-state index is 0.0802. The molecule has 0 aliphatic rings. The van der Waals surface area contributed by atoms with Crippen LogP contribution in [-0.2, 0) is 0 Å². The number of ether oxygens (including phenoxy) is 1. The van der Waals surface area contributed by atoms with E-state index in [1.165, 1.54) is 0 Å². The Hall–Kier alpha value is -2.59. The monoisotopic (exact) mass is 353 g/mol. The molecule has 0 saturated heterocycles. The Morgan fingerprint density at radius 3 is 2.60 bits per heavy atom. The van der Waals surface area contributed by atoms with E-state index in [4.69, 9.17) is 16.3 Å². The van der Waals surface area contributed by atoms with Crippen molar-refractivity contribution >= 4 is 17.4 Å². The van der Waals surface area contributed by atoms with E-state index in [0.29, 0.717) is 10.8 Å². The largest absolute Gasteiger partial charge is 0.497 e. The molecule has 0 bridgehead atoms. The van der Waals surface area contributed by atoms with Crippen LogP contribution in [-0.4, -0.2) is 17.1 Å². The van der Waals surface area contributed by atoms with E-state index in [2.05, 4.69) is 28.3 Å². The number of nitrogens with one attached hydrogen (secondary N) is 1. The van der Waals surface area contributed by atoms with Crippen molar-refractivity contribution in [2.45, 2.75) is 19.9 Å².